The van der Waals surface area contributed by atoms with Gasteiger partial charge in [-0.1, -0.05) is 6.92 Å². The lowest BCUT2D eigenvalue weighted by Gasteiger charge is -2.37. The minimum absolute atomic E-state index is 0.162. The van der Waals surface area contributed by atoms with Gasteiger partial charge in [0, 0.05) is 32.2 Å². The molecule has 1 N–H and O–H groups in total. The first-order valence-electron chi connectivity index (χ1n) is 6.17. The van der Waals surface area contributed by atoms with Crippen LogP contribution in [0, 0.1) is 11.3 Å². The van der Waals surface area contributed by atoms with Gasteiger partial charge in [0.1, 0.15) is 0 Å². The summed E-state index contributed by atoms with van der Waals surface area (Å²) in [4.78, 5) is 4.33. The Balaban J connectivity index is 2.56. The molecular formula is C11H22N4O2S. The van der Waals surface area contributed by atoms with Crippen LogP contribution in [0.1, 0.15) is 13.3 Å². The normalized spacial score (nSPS) is 24.7. The maximum Gasteiger partial charge on any atom is 0.228 e. The van der Waals surface area contributed by atoms with Crippen LogP contribution in [-0.4, -0.2) is 69.8 Å². The smallest absolute Gasteiger partial charge is 0.228 e. The Kier molecular flexibility index (Phi) is 5.53. The average Bonchev–Trinajstić information content (AvgIpc) is 2.31. The van der Waals surface area contributed by atoms with Crippen LogP contribution in [0.15, 0.2) is 0 Å². The molecule has 0 aromatic rings. The average molecular weight is 274 g/mol. The molecule has 0 bridgehead atoms. The Morgan fingerprint density at radius 2 is 2.11 bits per heavy atom. The van der Waals surface area contributed by atoms with Crippen LogP contribution in [0.3, 0.4) is 0 Å². The van der Waals surface area contributed by atoms with Crippen molar-refractivity contribution in [3.63, 3.8) is 0 Å². The molecular weight excluding hydrogens is 252 g/mol. The van der Waals surface area contributed by atoms with Crippen LogP contribution in [-0.2, 0) is 10.0 Å². The van der Waals surface area contributed by atoms with E-state index in [2.05, 4.69) is 14.5 Å². The van der Waals surface area contributed by atoms with Crippen molar-refractivity contribution in [3.8, 4) is 6.07 Å². The molecule has 1 aliphatic rings. The van der Waals surface area contributed by atoms with Crippen LogP contribution in [0.4, 0.5) is 0 Å². The first-order chi connectivity index (χ1) is 8.40. The van der Waals surface area contributed by atoms with Gasteiger partial charge in [0.2, 0.25) is 10.0 Å². The number of rotatable bonds is 5. The number of nitrogens with zero attached hydrogens (tertiary/aromatic N) is 3. The summed E-state index contributed by atoms with van der Waals surface area (Å²) in [5.41, 5.74) is 0. The van der Waals surface area contributed by atoms with E-state index in [1.54, 1.807) is 6.92 Å². The van der Waals surface area contributed by atoms with Crippen molar-refractivity contribution in [3.05, 3.63) is 0 Å². The van der Waals surface area contributed by atoms with Crippen molar-refractivity contribution in [1.82, 2.24) is 14.5 Å². The zero-order chi connectivity index (χ0) is 13.8. The molecule has 1 rings (SSSR count). The molecule has 0 amide bonds. The van der Waals surface area contributed by atoms with E-state index in [1.165, 1.54) is 0 Å². The second-order valence-corrected chi connectivity index (χ2v) is 6.76. The Hall–Kier alpha value is -0.680. The highest BCUT2D eigenvalue weighted by molar-refractivity contribution is 7.90. The number of likely N-dealkylation sites (N-methyl/N-ethyl adjacent to an activating group) is 2. The number of nitrogens with one attached hydrogen (secondary N) is 1. The molecule has 6 nitrogen and oxygen atoms in total. The van der Waals surface area contributed by atoms with Crippen LogP contribution in [0.2, 0.25) is 0 Å². The molecule has 7 heteroatoms. The quantitative estimate of drug-likeness (QED) is 0.728. The second kappa shape index (κ2) is 6.48. The van der Waals surface area contributed by atoms with E-state index in [4.69, 9.17) is 5.26 Å². The summed E-state index contributed by atoms with van der Waals surface area (Å²) in [7, 11) is 0.501. The number of hydrogen-bond donors (Lipinski definition) is 1. The summed E-state index contributed by atoms with van der Waals surface area (Å²) in [6, 6.07) is 1.99. The van der Waals surface area contributed by atoms with Crippen LogP contribution in [0.25, 0.3) is 0 Å². The van der Waals surface area contributed by atoms with Crippen LogP contribution < -0.4 is 4.72 Å². The Bertz CT molecular complexity index is 404. The molecule has 0 spiro atoms. The molecule has 18 heavy (non-hydrogen) atoms. The minimum atomic E-state index is -3.52. The molecule has 1 saturated heterocycles. The van der Waals surface area contributed by atoms with E-state index in [1.807, 2.05) is 20.2 Å². The number of sulfonamides is 1. The molecule has 0 aliphatic carbocycles. The Labute approximate surface area is 110 Å². The lowest BCUT2D eigenvalue weighted by atomic mass is 10.2. The van der Waals surface area contributed by atoms with E-state index in [-0.39, 0.29) is 6.04 Å². The lowest BCUT2D eigenvalue weighted by molar-refractivity contribution is 0.117. The van der Waals surface area contributed by atoms with Gasteiger partial charge in [-0.3, -0.25) is 4.90 Å². The van der Waals surface area contributed by atoms with Crippen molar-refractivity contribution < 1.29 is 8.42 Å². The molecule has 0 aromatic heterocycles. The molecule has 1 fully saturated rings. The number of hydrogen-bond acceptors (Lipinski definition) is 5. The zero-order valence-electron chi connectivity index (χ0n) is 11.3. The first kappa shape index (κ1) is 15.4. The molecule has 2 atom stereocenters. The molecule has 2 unspecified atom stereocenters. The standard InChI is InChI=1S/C11H22N4O2S/c1-4-11(7-12)18(16,17)13-8-10-9-14(2)5-6-15(10)3/h10-11,13H,4-6,8-9H2,1-3H3. The van der Waals surface area contributed by atoms with Gasteiger partial charge < -0.3 is 4.90 Å². The minimum Gasteiger partial charge on any atom is -0.303 e. The Morgan fingerprint density at radius 3 is 2.67 bits per heavy atom. The van der Waals surface area contributed by atoms with Crippen molar-refractivity contribution in [2.24, 2.45) is 0 Å². The summed E-state index contributed by atoms with van der Waals surface area (Å²) in [5.74, 6) is 0. The monoisotopic (exact) mass is 274 g/mol. The van der Waals surface area contributed by atoms with Gasteiger partial charge in [0.15, 0.2) is 5.25 Å². The highest BCUT2D eigenvalue weighted by Gasteiger charge is 2.27. The van der Waals surface area contributed by atoms with Crippen molar-refractivity contribution >= 4 is 10.0 Å². The summed E-state index contributed by atoms with van der Waals surface area (Å²) < 4.78 is 26.3. The van der Waals surface area contributed by atoms with Crippen molar-refractivity contribution in [2.45, 2.75) is 24.6 Å². The predicted molar refractivity (Wildman–Crippen MR) is 70.5 cm³/mol. The molecule has 1 heterocycles. The molecule has 0 radical (unpaired) electrons. The molecule has 104 valence electrons. The van der Waals surface area contributed by atoms with E-state index in [0.717, 1.165) is 19.6 Å². The topological polar surface area (TPSA) is 76.4 Å². The van der Waals surface area contributed by atoms with E-state index < -0.39 is 15.3 Å². The van der Waals surface area contributed by atoms with Gasteiger partial charge in [0.25, 0.3) is 0 Å². The van der Waals surface area contributed by atoms with E-state index in [0.29, 0.717) is 13.0 Å². The summed E-state index contributed by atoms with van der Waals surface area (Å²) in [6.45, 7) is 4.82. The second-order valence-electron chi connectivity index (χ2n) is 4.82. The van der Waals surface area contributed by atoms with Crippen molar-refractivity contribution in [1.29, 1.82) is 5.26 Å². The number of piperazine rings is 1. The fourth-order valence-corrected chi connectivity index (χ4v) is 3.22. The van der Waals surface area contributed by atoms with Gasteiger partial charge in [0.05, 0.1) is 6.07 Å². The maximum absolute atomic E-state index is 11.9. The van der Waals surface area contributed by atoms with Gasteiger partial charge in [-0.2, -0.15) is 5.26 Å². The van der Waals surface area contributed by atoms with Gasteiger partial charge >= 0.3 is 0 Å². The third-order valence-electron chi connectivity index (χ3n) is 3.39. The summed E-state index contributed by atoms with van der Waals surface area (Å²) >= 11 is 0. The fraction of sp³-hybridized carbons (Fsp3) is 0.909. The van der Waals surface area contributed by atoms with Gasteiger partial charge in [-0.15, -0.1) is 0 Å². The highest BCUT2D eigenvalue weighted by Crippen LogP contribution is 2.07. The zero-order valence-corrected chi connectivity index (χ0v) is 12.1. The summed E-state index contributed by atoms with van der Waals surface area (Å²) in [6.07, 6.45) is 0.312. The van der Waals surface area contributed by atoms with Crippen LogP contribution in [0.5, 0.6) is 0 Å². The van der Waals surface area contributed by atoms with Crippen LogP contribution >= 0.6 is 0 Å². The first-order valence-corrected chi connectivity index (χ1v) is 7.72. The summed E-state index contributed by atoms with van der Waals surface area (Å²) in [5, 5.41) is 7.85. The molecule has 0 saturated carbocycles. The number of nitriles is 1. The molecule has 1 aliphatic heterocycles. The Morgan fingerprint density at radius 1 is 1.44 bits per heavy atom. The predicted octanol–water partition coefficient (Wildman–Crippen LogP) is -0.546. The third kappa shape index (κ3) is 3.92. The van der Waals surface area contributed by atoms with Gasteiger partial charge in [-0.25, -0.2) is 13.1 Å². The lowest BCUT2D eigenvalue weighted by Crippen LogP contribution is -2.54. The maximum atomic E-state index is 11.9. The van der Waals surface area contributed by atoms with E-state index in [9.17, 15) is 8.42 Å². The van der Waals surface area contributed by atoms with Gasteiger partial charge in [-0.05, 0) is 20.5 Å². The van der Waals surface area contributed by atoms with E-state index >= 15 is 0 Å². The van der Waals surface area contributed by atoms with Crippen molar-refractivity contribution in [2.75, 3.05) is 40.3 Å². The molecule has 0 aromatic carbocycles. The largest absolute Gasteiger partial charge is 0.303 e. The SMILES string of the molecule is CCC(C#N)S(=O)(=O)NCC1CN(C)CCN1C. The highest BCUT2D eigenvalue weighted by atomic mass is 32.2. The third-order valence-corrected chi connectivity index (χ3v) is 5.15. The fourth-order valence-electron chi connectivity index (χ4n) is 2.01.